The van der Waals surface area contributed by atoms with Crippen LogP contribution in [0, 0.1) is 5.92 Å². The number of hydrogen-bond acceptors (Lipinski definition) is 4. The summed E-state index contributed by atoms with van der Waals surface area (Å²) < 4.78 is 7.45. The van der Waals surface area contributed by atoms with Gasteiger partial charge in [0, 0.05) is 43.6 Å². The van der Waals surface area contributed by atoms with Gasteiger partial charge in [0.05, 0.1) is 6.54 Å². The van der Waals surface area contributed by atoms with Gasteiger partial charge in [-0.05, 0) is 77.1 Å². The van der Waals surface area contributed by atoms with Crippen LogP contribution in [-0.2, 0) is 11.3 Å². The maximum atomic E-state index is 13.1. The zero-order chi connectivity index (χ0) is 23.3. The van der Waals surface area contributed by atoms with Crippen LogP contribution in [0.25, 0.3) is 0 Å². The number of carbonyl (C=O) groups is 2. The van der Waals surface area contributed by atoms with Gasteiger partial charge in [-0.1, -0.05) is 12.1 Å². The van der Waals surface area contributed by atoms with Gasteiger partial charge in [-0.15, -0.1) is 0 Å². The largest absolute Gasteiger partial charge is 0.444 e. The quantitative estimate of drug-likeness (QED) is 0.666. The molecule has 1 saturated heterocycles. The van der Waals surface area contributed by atoms with Crippen molar-refractivity contribution < 1.29 is 14.3 Å². The second kappa shape index (κ2) is 10.2. The molecule has 32 heavy (non-hydrogen) atoms. The van der Waals surface area contributed by atoms with Gasteiger partial charge in [0.2, 0.25) is 0 Å². The first-order valence-corrected chi connectivity index (χ1v) is 11.5. The van der Waals surface area contributed by atoms with Gasteiger partial charge in [0.15, 0.2) is 0 Å². The fourth-order valence-electron chi connectivity index (χ4n) is 4.01. The number of carbonyl (C=O) groups excluding carboxylic acids is 2. The van der Waals surface area contributed by atoms with Crippen molar-refractivity contribution in [2.24, 2.45) is 5.92 Å². The van der Waals surface area contributed by atoms with Crippen LogP contribution >= 0.6 is 0 Å². The molecule has 1 atom stereocenters. The van der Waals surface area contributed by atoms with E-state index in [0.717, 1.165) is 24.9 Å². The summed E-state index contributed by atoms with van der Waals surface area (Å²) in [6, 6.07) is 9.70. The highest BCUT2D eigenvalue weighted by Gasteiger charge is 2.30. The lowest BCUT2D eigenvalue weighted by atomic mass is 9.96. The van der Waals surface area contributed by atoms with Crippen LogP contribution in [0.5, 0.6) is 0 Å². The molecular weight excluding hydrogens is 404 g/mol. The molecule has 2 heterocycles. The van der Waals surface area contributed by atoms with E-state index in [1.54, 1.807) is 11.1 Å². The lowest BCUT2D eigenvalue weighted by Crippen LogP contribution is -2.48. The number of ether oxygens (including phenoxy) is 1. The number of hydrogen-bond donors (Lipinski definition) is 0. The molecule has 0 aliphatic carbocycles. The van der Waals surface area contributed by atoms with Crippen molar-refractivity contribution in [1.29, 1.82) is 0 Å². The number of nitrogens with zero attached hydrogens (tertiary/aromatic N) is 4. The first-order valence-electron chi connectivity index (χ1n) is 11.5. The Morgan fingerprint density at radius 1 is 1.22 bits per heavy atom. The van der Waals surface area contributed by atoms with E-state index in [1.807, 2.05) is 80.7 Å². The van der Waals surface area contributed by atoms with Gasteiger partial charge >= 0.3 is 6.09 Å². The van der Waals surface area contributed by atoms with Gasteiger partial charge in [-0.25, -0.2) is 4.79 Å². The summed E-state index contributed by atoms with van der Waals surface area (Å²) in [6.07, 6.45) is 5.33. The van der Waals surface area contributed by atoms with Gasteiger partial charge in [-0.2, -0.15) is 5.10 Å². The van der Waals surface area contributed by atoms with Crippen molar-refractivity contribution in [1.82, 2.24) is 19.6 Å². The van der Waals surface area contributed by atoms with Crippen molar-refractivity contribution in [2.75, 3.05) is 19.6 Å². The third kappa shape index (κ3) is 6.58. The molecule has 1 aliphatic heterocycles. The predicted molar refractivity (Wildman–Crippen MR) is 124 cm³/mol. The zero-order valence-corrected chi connectivity index (χ0v) is 20.0. The molecule has 7 nitrogen and oxygen atoms in total. The van der Waals surface area contributed by atoms with Crippen LogP contribution < -0.4 is 0 Å². The summed E-state index contributed by atoms with van der Waals surface area (Å²) in [7, 11) is 0. The Labute approximate surface area is 191 Å². The maximum absolute atomic E-state index is 13.1. The molecule has 1 aliphatic rings. The van der Waals surface area contributed by atoms with E-state index >= 15 is 0 Å². The third-order valence-electron chi connectivity index (χ3n) is 5.62. The van der Waals surface area contributed by atoms with Crippen molar-refractivity contribution in [3.05, 3.63) is 53.9 Å². The SMILES string of the molecule is CC(C)N(CC1CCCN(C(=O)c2ccc(Cn3cccn3)cc2)C1)C(=O)OC(C)(C)C. The standard InChI is InChI=1S/C25H36N4O3/c1-19(2)29(24(31)32-25(3,4)5)18-21-8-6-14-27(16-21)23(30)22-11-9-20(10-12-22)17-28-15-7-13-26-28/h7,9-13,15,19,21H,6,8,14,16-18H2,1-5H3. The van der Waals surface area contributed by atoms with Gasteiger partial charge in [-0.3, -0.25) is 9.48 Å². The molecule has 1 unspecified atom stereocenters. The summed E-state index contributed by atoms with van der Waals surface area (Å²) in [5.41, 5.74) is 1.27. The molecular formula is C25H36N4O3. The molecule has 1 aromatic carbocycles. The van der Waals surface area contributed by atoms with E-state index in [-0.39, 0.29) is 24.0 Å². The Morgan fingerprint density at radius 3 is 2.53 bits per heavy atom. The first-order chi connectivity index (χ1) is 15.1. The minimum Gasteiger partial charge on any atom is -0.444 e. The average Bonchev–Trinajstić information content (AvgIpc) is 3.24. The molecule has 0 spiro atoms. The summed E-state index contributed by atoms with van der Waals surface area (Å²) in [5, 5.41) is 4.22. The maximum Gasteiger partial charge on any atom is 0.410 e. The Bertz CT molecular complexity index is 885. The third-order valence-corrected chi connectivity index (χ3v) is 5.62. The summed E-state index contributed by atoms with van der Waals surface area (Å²) in [4.78, 5) is 29.5. The molecule has 0 bridgehead atoms. The molecule has 1 aromatic heterocycles. The average molecular weight is 441 g/mol. The van der Waals surface area contributed by atoms with Crippen LogP contribution in [0.4, 0.5) is 4.79 Å². The molecule has 174 valence electrons. The van der Waals surface area contributed by atoms with Crippen LogP contribution in [0.3, 0.4) is 0 Å². The Morgan fingerprint density at radius 2 is 1.94 bits per heavy atom. The number of rotatable bonds is 6. The van der Waals surface area contributed by atoms with E-state index < -0.39 is 5.60 Å². The van der Waals surface area contributed by atoms with Gasteiger partial charge in [0.25, 0.3) is 5.91 Å². The lowest BCUT2D eigenvalue weighted by Gasteiger charge is -2.37. The fraction of sp³-hybridized carbons (Fsp3) is 0.560. The molecule has 7 heteroatoms. The van der Waals surface area contributed by atoms with Crippen molar-refractivity contribution in [3.8, 4) is 0 Å². The molecule has 0 saturated carbocycles. The van der Waals surface area contributed by atoms with E-state index in [2.05, 4.69) is 5.10 Å². The minimum absolute atomic E-state index is 0.0401. The van der Waals surface area contributed by atoms with Gasteiger partial charge in [0.1, 0.15) is 5.60 Å². The first kappa shape index (κ1) is 23.8. The number of amides is 2. The van der Waals surface area contributed by atoms with Crippen molar-refractivity contribution in [2.45, 2.75) is 65.6 Å². The smallest absolute Gasteiger partial charge is 0.410 e. The number of aromatic nitrogens is 2. The second-order valence-electron chi connectivity index (χ2n) is 9.89. The molecule has 1 fully saturated rings. The lowest BCUT2D eigenvalue weighted by molar-refractivity contribution is 0.0124. The number of likely N-dealkylation sites (tertiary alicyclic amines) is 1. The molecule has 2 aromatic rings. The monoisotopic (exact) mass is 440 g/mol. The Kier molecular flexibility index (Phi) is 7.59. The fourth-order valence-corrected chi connectivity index (χ4v) is 4.01. The highest BCUT2D eigenvalue weighted by Crippen LogP contribution is 2.22. The topological polar surface area (TPSA) is 67.7 Å². The number of piperidine rings is 1. The number of benzene rings is 1. The Balaban J connectivity index is 1.60. The van der Waals surface area contributed by atoms with E-state index in [9.17, 15) is 9.59 Å². The zero-order valence-electron chi connectivity index (χ0n) is 20.0. The highest BCUT2D eigenvalue weighted by molar-refractivity contribution is 5.94. The van der Waals surface area contributed by atoms with E-state index in [0.29, 0.717) is 25.2 Å². The predicted octanol–water partition coefficient (Wildman–Crippen LogP) is 4.43. The van der Waals surface area contributed by atoms with Crippen LogP contribution in [0.1, 0.15) is 63.4 Å². The van der Waals surface area contributed by atoms with Crippen molar-refractivity contribution >= 4 is 12.0 Å². The second-order valence-corrected chi connectivity index (χ2v) is 9.89. The molecule has 3 rings (SSSR count). The van der Waals surface area contributed by atoms with E-state index in [4.69, 9.17) is 4.74 Å². The summed E-state index contributed by atoms with van der Waals surface area (Å²) in [5.74, 6) is 0.287. The molecule has 2 amide bonds. The molecule has 0 radical (unpaired) electrons. The summed E-state index contributed by atoms with van der Waals surface area (Å²) in [6.45, 7) is 12.3. The van der Waals surface area contributed by atoms with Gasteiger partial charge < -0.3 is 14.5 Å². The van der Waals surface area contributed by atoms with Crippen LogP contribution in [0.15, 0.2) is 42.7 Å². The normalized spacial score (nSPS) is 16.8. The van der Waals surface area contributed by atoms with E-state index in [1.165, 1.54) is 0 Å². The Hall–Kier alpha value is -2.83. The molecule has 0 N–H and O–H groups in total. The highest BCUT2D eigenvalue weighted by atomic mass is 16.6. The van der Waals surface area contributed by atoms with Crippen LogP contribution in [-0.4, -0.2) is 62.9 Å². The summed E-state index contributed by atoms with van der Waals surface area (Å²) >= 11 is 0. The minimum atomic E-state index is -0.525. The van der Waals surface area contributed by atoms with Crippen molar-refractivity contribution in [3.63, 3.8) is 0 Å². The van der Waals surface area contributed by atoms with Crippen LogP contribution in [0.2, 0.25) is 0 Å².